The van der Waals surface area contributed by atoms with Gasteiger partial charge in [-0.15, -0.1) is 0 Å². The van der Waals surface area contributed by atoms with Crippen molar-refractivity contribution in [2.45, 2.75) is 0 Å². The topological polar surface area (TPSA) is 103 Å². The van der Waals surface area contributed by atoms with Crippen molar-refractivity contribution >= 4 is 17.5 Å². The zero-order valence-electron chi connectivity index (χ0n) is 10.4. The molecular weight excluding hydrogens is 278 g/mol. The van der Waals surface area contributed by atoms with Crippen molar-refractivity contribution in [3.05, 3.63) is 63.8 Å². The molecule has 0 saturated carbocycles. The predicted octanol–water partition coefficient (Wildman–Crippen LogP) is 1.58. The Morgan fingerprint density at radius 3 is 2.24 bits per heavy atom. The number of imide groups is 1. The summed E-state index contributed by atoms with van der Waals surface area (Å²) in [6, 6.07) is 8.69. The van der Waals surface area contributed by atoms with Gasteiger partial charge in [-0.25, -0.2) is 4.98 Å². The highest BCUT2D eigenvalue weighted by Crippen LogP contribution is 2.28. The highest BCUT2D eigenvalue weighted by atomic mass is 16.7. The molecule has 0 aliphatic carbocycles. The molecule has 1 aliphatic heterocycles. The van der Waals surface area contributed by atoms with E-state index in [0.717, 1.165) is 0 Å². The minimum atomic E-state index is -0.708. The third-order valence-electron chi connectivity index (χ3n) is 2.88. The van der Waals surface area contributed by atoms with Crippen molar-refractivity contribution in [2.75, 3.05) is 0 Å². The van der Waals surface area contributed by atoms with E-state index in [-0.39, 0.29) is 11.1 Å². The normalized spacial score (nSPS) is 13.2. The van der Waals surface area contributed by atoms with Gasteiger partial charge in [-0.3, -0.25) is 19.7 Å². The lowest BCUT2D eigenvalue weighted by molar-refractivity contribution is -0.386. The summed E-state index contributed by atoms with van der Waals surface area (Å²) in [5, 5.41) is 11.3. The van der Waals surface area contributed by atoms with Crippen LogP contribution in [0.1, 0.15) is 20.7 Å². The number of aromatic nitrogens is 1. The molecule has 0 radical (unpaired) electrons. The first kappa shape index (κ1) is 12.7. The third-order valence-corrected chi connectivity index (χ3v) is 2.88. The highest BCUT2D eigenvalue weighted by molar-refractivity contribution is 6.20. The minimum absolute atomic E-state index is 0.182. The van der Waals surface area contributed by atoms with Crippen molar-refractivity contribution in [1.29, 1.82) is 0 Å². The van der Waals surface area contributed by atoms with E-state index in [1.807, 2.05) is 0 Å². The van der Waals surface area contributed by atoms with Crippen LogP contribution in [0.25, 0.3) is 0 Å². The van der Waals surface area contributed by atoms with E-state index < -0.39 is 28.3 Å². The Morgan fingerprint density at radius 1 is 1.05 bits per heavy atom. The first-order chi connectivity index (χ1) is 10.1. The third kappa shape index (κ3) is 1.98. The fourth-order valence-corrected chi connectivity index (χ4v) is 1.93. The average molecular weight is 285 g/mol. The number of pyridine rings is 1. The van der Waals surface area contributed by atoms with Gasteiger partial charge in [-0.05, 0) is 18.2 Å². The Balaban J connectivity index is 1.96. The summed E-state index contributed by atoms with van der Waals surface area (Å²) in [4.78, 5) is 43.1. The average Bonchev–Trinajstić information content (AvgIpc) is 2.73. The number of rotatable bonds is 3. The molecule has 0 bridgehead atoms. The molecule has 0 unspecified atom stereocenters. The molecule has 1 aromatic heterocycles. The number of hydrogen-bond donors (Lipinski definition) is 0. The lowest BCUT2D eigenvalue weighted by atomic mass is 10.1. The van der Waals surface area contributed by atoms with Crippen LogP contribution >= 0.6 is 0 Å². The van der Waals surface area contributed by atoms with Gasteiger partial charge in [0.2, 0.25) is 0 Å². The monoisotopic (exact) mass is 285 g/mol. The van der Waals surface area contributed by atoms with Gasteiger partial charge in [0, 0.05) is 12.3 Å². The van der Waals surface area contributed by atoms with Gasteiger partial charge in [0.25, 0.3) is 11.8 Å². The molecule has 2 aromatic rings. The molecule has 3 rings (SSSR count). The van der Waals surface area contributed by atoms with Gasteiger partial charge in [-0.2, -0.15) is 0 Å². The minimum Gasteiger partial charge on any atom is -0.340 e. The molecule has 104 valence electrons. The van der Waals surface area contributed by atoms with Crippen molar-refractivity contribution in [3.8, 4) is 5.88 Å². The van der Waals surface area contributed by atoms with Crippen LogP contribution in [0.15, 0.2) is 42.6 Å². The summed E-state index contributed by atoms with van der Waals surface area (Å²) in [6.07, 6.45) is 1.26. The summed E-state index contributed by atoms with van der Waals surface area (Å²) in [5.74, 6) is -1.79. The van der Waals surface area contributed by atoms with Crippen molar-refractivity contribution in [3.63, 3.8) is 0 Å². The van der Waals surface area contributed by atoms with E-state index >= 15 is 0 Å². The van der Waals surface area contributed by atoms with Gasteiger partial charge in [-0.1, -0.05) is 17.2 Å². The van der Waals surface area contributed by atoms with Crippen LogP contribution in [0.5, 0.6) is 5.88 Å². The van der Waals surface area contributed by atoms with E-state index in [4.69, 9.17) is 4.84 Å². The number of carbonyl (C=O) groups is 2. The molecule has 0 N–H and O–H groups in total. The van der Waals surface area contributed by atoms with Gasteiger partial charge in [0.1, 0.15) is 0 Å². The van der Waals surface area contributed by atoms with Crippen LogP contribution in [0.2, 0.25) is 0 Å². The summed E-state index contributed by atoms with van der Waals surface area (Å²) in [5.41, 5.74) is -0.0729. The van der Waals surface area contributed by atoms with Gasteiger partial charge >= 0.3 is 11.6 Å². The number of fused-ring (bicyclic) bond motifs is 1. The number of hydroxylamine groups is 2. The number of hydrogen-bond acceptors (Lipinski definition) is 6. The Morgan fingerprint density at radius 2 is 1.67 bits per heavy atom. The van der Waals surface area contributed by atoms with Gasteiger partial charge in [0.15, 0.2) is 0 Å². The van der Waals surface area contributed by atoms with Crippen LogP contribution in [0.4, 0.5) is 5.69 Å². The van der Waals surface area contributed by atoms with Crippen molar-refractivity contribution in [2.24, 2.45) is 0 Å². The maximum absolute atomic E-state index is 12.1. The molecule has 8 heteroatoms. The van der Waals surface area contributed by atoms with Crippen molar-refractivity contribution in [1.82, 2.24) is 10.0 Å². The number of amides is 2. The Hall–Kier alpha value is -3.29. The number of nitro groups is 1. The molecule has 21 heavy (non-hydrogen) atoms. The SMILES string of the molecule is O=C1c2ccccc2C(=O)N1Oc1ncccc1[N+](=O)[O-]. The standard InChI is InChI=1S/C13H7N3O5/c17-12-8-4-1-2-5-9(8)13(18)15(12)21-11-10(16(19)20)6-3-7-14-11/h1-7H. The quantitative estimate of drug-likeness (QED) is 0.482. The summed E-state index contributed by atoms with van der Waals surface area (Å²) in [7, 11) is 0. The second-order valence-electron chi connectivity index (χ2n) is 4.13. The maximum Gasteiger partial charge on any atom is 0.333 e. The van der Waals surface area contributed by atoms with Gasteiger partial charge < -0.3 is 4.84 Å². The summed E-state index contributed by atoms with van der Waals surface area (Å²) < 4.78 is 0. The van der Waals surface area contributed by atoms with Crippen LogP contribution in [-0.4, -0.2) is 26.8 Å². The van der Waals surface area contributed by atoms with Gasteiger partial charge in [0.05, 0.1) is 16.1 Å². The smallest absolute Gasteiger partial charge is 0.333 e. The van der Waals surface area contributed by atoms with E-state index in [2.05, 4.69) is 4.98 Å². The van der Waals surface area contributed by atoms with E-state index in [9.17, 15) is 19.7 Å². The molecule has 8 nitrogen and oxygen atoms in total. The lowest BCUT2D eigenvalue weighted by Gasteiger charge is -2.12. The number of nitrogens with zero attached hydrogens (tertiary/aromatic N) is 3. The first-order valence-corrected chi connectivity index (χ1v) is 5.85. The predicted molar refractivity (Wildman–Crippen MR) is 68.5 cm³/mol. The van der Waals surface area contributed by atoms with Crippen LogP contribution < -0.4 is 4.84 Å². The van der Waals surface area contributed by atoms with E-state index in [1.165, 1.54) is 30.5 Å². The van der Waals surface area contributed by atoms with Crippen LogP contribution in [0, 0.1) is 10.1 Å². The van der Waals surface area contributed by atoms with Crippen LogP contribution in [0.3, 0.4) is 0 Å². The Labute approximate surface area is 117 Å². The number of benzene rings is 1. The molecule has 2 heterocycles. The Kier molecular flexibility index (Phi) is 2.83. The zero-order chi connectivity index (χ0) is 15.0. The molecular formula is C13H7N3O5. The van der Waals surface area contributed by atoms with Crippen LogP contribution in [-0.2, 0) is 0 Å². The molecule has 2 amide bonds. The zero-order valence-corrected chi connectivity index (χ0v) is 10.4. The second-order valence-corrected chi connectivity index (χ2v) is 4.13. The largest absolute Gasteiger partial charge is 0.340 e. The molecule has 1 aliphatic rings. The summed E-state index contributed by atoms with van der Waals surface area (Å²) >= 11 is 0. The molecule has 1 aromatic carbocycles. The fourth-order valence-electron chi connectivity index (χ4n) is 1.93. The fraction of sp³-hybridized carbons (Fsp3) is 0. The highest BCUT2D eigenvalue weighted by Gasteiger charge is 2.38. The molecule has 0 fully saturated rings. The van der Waals surface area contributed by atoms with Crippen molar-refractivity contribution < 1.29 is 19.3 Å². The first-order valence-electron chi connectivity index (χ1n) is 5.85. The Bertz CT molecular complexity index is 739. The lowest BCUT2D eigenvalue weighted by Crippen LogP contribution is -2.33. The van der Waals surface area contributed by atoms with E-state index in [0.29, 0.717) is 5.06 Å². The van der Waals surface area contributed by atoms with E-state index in [1.54, 1.807) is 12.1 Å². The maximum atomic E-state index is 12.1. The number of carbonyl (C=O) groups excluding carboxylic acids is 2. The molecule has 0 saturated heterocycles. The molecule has 0 spiro atoms. The second kappa shape index (κ2) is 4.67. The molecule has 0 atom stereocenters. The summed E-state index contributed by atoms with van der Waals surface area (Å²) in [6.45, 7) is 0.